The number of nitro benzene ring substituents is 1. The highest BCUT2D eigenvalue weighted by molar-refractivity contribution is 7.90. The topological polar surface area (TPSA) is 156 Å². The number of thiophene rings is 1. The molecule has 0 bridgehead atoms. The third-order valence-corrected chi connectivity index (χ3v) is 7.26. The van der Waals surface area contributed by atoms with E-state index in [0.717, 1.165) is 67.0 Å². The molecule has 1 amide bonds. The maximum absolute atomic E-state index is 12.3. The largest absolute Gasteiger partial charge is 0.452 e. The first-order valence-corrected chi connectivity index (χ1v) is 12.3. The minimum Gasteiger partial charge on any atom is -0.452 e. The molecule has 0 radical (unpaired) electrons. The number of nitrogens with one attached hydrogen (secondary N) is 1. The van der Waals surface area contributed by atoms with Gasteiger partial charge >= 0.3 is 5.97 Å². The summed E-state index contributed by atoms with van der Waals surface area (Å²) >= 11 is 1.34. The van der Waals surface area contributed by atoms with Gasteiger partial charge in [-0.25, -0.2) is 13.2 Å². The van der Waals surface area contributed by atoms with E-state index in [1.807, 2.05) is 0 Å². The lowest BCUT2D eigenvalue weighted by Gasteiger charge is -2.07. The number of benzene rings is 1. The number of amides is 1. The molecule has 0 spiro atoms. The Morgan fingerprint density at radius 3 is 2.66 bits per heavy atom. The van der Waals surface area contributed by atoms with Crippen LogP contribution in [0, 0.1) is 21.4 Å². The fraction of sp³-hybridized carbons (Fsp3) is 0.350. The van der Waals surface area contributed by atoms with Gasteiger partial charge in [0.1, 0.15) is 16.0 Å². The number of hydrogen-bond acceptors (Lipinski definition) is 9. The molecule has 0 atom stereocenters. The SMILES string of the molecule is CS(=O)(=O)c1ccc(C(=O)OCC(=O)Nc2sc3c(c2C#N)CCCCC3)cc1[N+](=O)[O-]. The number of nitriles is 1. The van der Waals surface area contributed by atoms with Crippen molar-refractivity contribution in [1.82, 2.24) is 0 Å². The molecular weight excluding hydrogens is 458 g/mol. The Labute approximate surface area is 187 Å². The van der Waals surface area contributed by atoms with E-state index in [0.29, 0.717) is 10.6 Å². The van der Waals surface area contributed by atoms with E-state index >= 15 is 0 Å². The van der Waals surface area contributed by atoms with Crippen LogP contribution in [0.3, 0.4) is 0 Å². The third-order valence-electron chi connectivity index (χ3n) is 4.91. The number of hydrogen-bond donors (Lipinski definition) is 1. The number of fused-ring (bicyclic) bond motifs is 1. The van der Waals surface area contributed by atoms with Gasteiger partial charge in [0.2, 0.25) is 0 Å². The number of esters is 1. The highest BCUT2D eigenvalue weighted by atomic mass is 32.2. The quantitative estimate of drug-likeness (QED) is 0.288. The number of anilines is 1. The summed E-state index contributed by atoms with van der Waals surface area (Å²) in [6, 6.07) is 4.95. The molecule has 0 unspecified atom stereocenters. The van der Waals surface area contributed by atoms with Gasteiger partial charge < -0.3 is 10.1 Å². The number of carbonyl (C=O) groups excluding carboxylic acids is 2. The van der Waals surface area contributed by atoms with E-state index in [2.05, 4.69) is 11.4 Å². The molecule has 1 heterocycles. The number of sulfone groups is 1. The molecule has 32 heavy (non-hydrogen) atoms. The van der Waals surface area contributed by atoms with Crippen molar-refractivity contribution in [2.75, 3.05) is 18.2 Å². The Balaban J connectivity index is 1.70. The van der Waals surface area contributed by atoms with Crippen molar-refractivity contribution in [3.8, 4) is 6.07 Å². The third kappa shape index (κ3) is 5.12. The Hall–Kier alpha value is -3.30. The normalized spacial score (nSPS) is 13.4. The van der Waals surface area contributed by atoms with Gasteiger partial charge in [0.05, 0.1) is 16.1 Å². The number of rotatable bonds is 6. The van der Waals surface area contributed by atoms with E-state index in [4.69, 9.17) is 4.74 Å². The molecule has 1 aromatic carbocycles. The molecule has 12 heteroatoms. The van der Waals surface area contributed by atoms with Gasteiger partial charge in [-0.05, 0) is 43.4 Å². The molecule has 2 aromatic rings. The van der Waals surface area contributed by atoms with Crippen molar-refractivity contribution >= 4 is 43.7 Å². The highest BCUT2D eigenvalue weighted by Gasteiger charge is 2.25. The van der Waals surface area contributed by atoms with Crippen molar-refractivity contribution < 1.29 is 27.7 Å². The van der Waals surface area contributed by atoms with Crippen molar-refractivity contribution in [1.29, 1.82) is 5.26 Å². The summed E-state index contributed by atoms with van der Waals surface area (Å²) in [6.07, 6.45) is 5.54. The second-order valence-corrected chi connectivity index (χ2v) is 10.3. The maximum atomic E-state index is 12.3. The smallest absolute Gasteiger partial charge is 0.338 e. The summed E-state index contributed by atoms with van der Waals surface area (Å²) in [4.78, 5) is 35.3. The summed E-state index contributed by atoms with van der Waals surface area (Å²) < 4.78 is 28.3. The van der Waals surface area contributed by atoms with Crippen molar-refractivity contribution in [3.63, 3.8) is 0 Å². The van der Waals surface area contributed by atoms with Crippen LogP contribution in [0.1, 0.15) is 45.6 Å². The molecule has 0 saturated carbocycles. The average molecular weight is 478 g/mol. The van der Waals surface area contributed by atoms with Gasteiger partial charge in [0, 0.05) is 17.2 Å². The van der Waals surface area contributed by atoms with E-state index in [-0.39, 0.29) is 5.56 Å². The number of nitrogens with zero attached hydrogens (tertiary/aromatic N) is 2. The van der Waals surface area contributed by atoms with Crippen LogP contribution in [0.25, 0.3) is 0 Å². The van der Waals surface area contributed by atoms with Crippen LogP contribution in [-0.2, 0) is 32.2 Å². The first kappa shape index (κ1) is 23.4. The zero-order valence-electron chi connectivity index (χ0n) is 17.0. The van der Waals surface area contributed by atoms with Gasteiger partial charge in [-0.3, -0.25) is 14.9 Å². The summed E-state index contributed by atoms with van der Waals surface area (Å²) in [5.74, 6) is -1.68. The minimum atomic E-state index is -3.87. The zero-order valence-corrected chi connectivity index (χ0v) is 18.7. The molecular formula is C20H19N3O7S2. The summed E-state index contributed by atoms with van der Waals surface area (Å²) in [5.41, 5.74) is 0.363. The number of carbonyl (C=O) groups is 2. The predicted octanol–water partition coefficient (Wildman–Crippen LogP) is 3.00. The summed E-state index contributed by atoms with van der Waals surface area (Å²) in [7, 11) is -3.87. The molecule has 3 rings (SSSR count). The first-order chi connectivity index (χ1) is 15.1. The number of ether oxygens (including phenoxy) is 1. The summed E-state index contributed by atoms with van der Waals surface area (Å²) in [6.45, 7) is -0.673. The summed E-state index contributed by atoms with van der Waals surface area (Å²) in [5, 5.41) is 23.7. The van der Waals surface area contributed by atoms with Gasteiger partial charge in [-0.2, -0.15) is 5.26 Å². The van der Waals surface area contributed by atoms with E-state index in [9.17, 15) is 33.4 Å². The Bertz CT molecular complexity index is 1240. The van der Waals surface area contributed by atoms with Gasteiger partial charge in [-0.15, -0.1) is 11.3 Å². The molecule has 10 nitrogen and oxygen atoms in total. The van der Waals surface area contributed by atoms with Crippen LogP contribution < -0.4 is 5.32 Å². The van der Waals surface area contributed by atoms with Crippen LogP contribution in [0.15, 0.2) is 23.1 Å². The maximum Gasteiger partial charge on any atom is 0.338 e. The second-order valence-electron chi connectivity index (χ2n) is 7.22. The van der Waals surface area contributed by atoms with Crippen LogP contribution in [-0.4, -0.2) is 38.1 Å². The molecule has 1 aliphatic rings. The zero-order chi connectivity index (χ0) is 23.5. The fourth-order valence-electron chi connectivity index (χ4n) is 3.43. The molecule has 0 aliphatic heterocycles. The standard InChI is InChI=1S/C20H19N3O7S2/c1-32(28,29)17-8-7-12(9-15(17)23(26)27)20(25)30-11-18(24)22-19-14(10-21)13-5-3-2-4-6-16(13)31-19/h7-9H,2-6,11H2,1H3,(H,22,24). The van der Waals surface area contributed by atoms with Crippen LogP contribution >= 0.6 is 11.3 Å². The monoisotopic (exact) mass is 477 g/mol. The molecule has 1 aromatic heterocycles. The van der Waals surface area contributed by atoms with Crippen LogP contribution in [0.5, 0.6) is 0 Å². The van der Waals surface area contributed by atoms with Crippen molar-refractivity contribution in [2.45, 2.75) is 37.0 Å². The molecule has 0 fully saturated rings. The Kier molecular flexibility index (Phi) is 6.90. The van der Waals surface area contributed by atoms with E-state index in [1.165, 1.54) is 11.3 Å². The lowest BCUT2D eigenvalue weighted by molar-refractivity contribution is -0.387. The molecule has 168 valence electrons. The minimum absolute atomic E-state index is 0.266. The van der Waals surface area contributed by atoms with E-state index < -0.39 is 43.8 Å². The molecule has 1 N–H and O–H groups in total. The lowest BCUT2D eigenvalue weighted by Crippen LogP contribution is -2.21. The van der Waals surface area contributed by atoms with Gasteiger partial charge in [0.25, 0.3) is 11.6 Å². The fourth-order valence-corrected chi connectivity index (χ4v) is 5.51. The van der Waals surface area contributed by atoms with Gasteiger partial charge in [0.15, 0.2) is 16.4 Å². The first-order valence-electron chi connectivity index (χ1n) is 9.62. The Morgan fingerprint density at radius 1 is 1.28 bits per heavy atom. The van der Waals surface area contributed by atoms with Crippen molar-refractivity contribution in [3.05, 3.63) is 49.9 Å². The van der Waals surface area contributed by atoms with Crippen molar-refractivity contribution in [2.24, 2.45) is 0 Å². The Morgan fingerprint density at radius 2 is 2.00 bits per heavy atom. The number of aryl methyl sites for hydroxylation is 1. The highest BCUT2D eigenvalue weighted by Crippen LogP contribution is 2.37. The lowest BCUT2D eigenvalue weighted by atomic mass is 10.1. The van der Waals surface area contributed by atoms with Crippen LogP contribution in [0.4, 0.5) is 10.7 Å². The van der Waals surface area contributed by atoms with Gasteiger partial charge in [-0.1, -0.05) is 6.42 Å². The predicted molar refractivity (Wildman–Crippen MR) is 115 cm³/mol. The van der Waals surface area contributed by atoms with Crippen LogP contribution in [0.2, 0.25) is 0 Å². The average Bonchev–Trinajstić information content (AvgIpc) is 2.89. The molecule has 1 aliphatic carbocycles. The van der Waals surface area contributed by atoms with E-state index in [1.54, 1.807) is 0 Å². The number of nitro groups is 1. The molecule has 0 saturated heterocycles. The second kappa shape index (κ2) is 9.46.